The Morgan fingerprint density at radius 1 is 1.33 bits per heavy atom. The standard InChI is InChI=1S/C17H26O/c1-13(2)11-15-8-6-9-16(12-15)17(18)10-5-4-7-14(17)3/h6,8-9,12-14,18H,4-5,7,10-11H2,1-3H3. The van der Waals surface area contributed by atoms with Crippen LogP contribution in [0.25, 0.3) is 0 Å². The minimum Gasteiger partial charge on any atom is -0.385 e. The largest absolute Gasteiger partial charge is 0.385 e. The highest BCUT2D eigenvalue weighted by Gasteiger charge is 2.37. The number of hydrogen-bond donors (Lipinski definition) is 1. The van der Waals surface area contributed by atoms with Crippen LogP contribution in [0.3, 0.4) is 0 Å². The number of benzene rings is 1. The lowest BCUT2D eigenvalue weighted by molar-refractivity contribution is -0.0470. The molecule has 1 nitrogen and oxygen atoms in total. The van der Waals surface area contributed by atoms with Gasteiger partial charge in [-0.15, -0.1) is 0 Å². The summed E-state index contributed by atoms with van der Waals surface area (Å²) in [4.78, 5) is 0. The normalized spacial score (nSPS) is 28.6. The third kappa shape index (κ3) is 2.77. The smallest absolute Gasteiger partial charge is 0.0922 e. The van der Waals surface area contributed by atoms with Crippen LogP contribution in [0.4, 0.5) is 0 Å². The van der Waals surface area contributed by atoms with E-state index in [0.29, 0.717) is 11.8 Å². The van der Waals surface area contributed by atoms with Gasteiger partial charge < -0.3 is 5.11 Å². The maximum Gasteiger partial charge on any atom is 0.0922 e. The summed E-state index contributed by atoms with van der Waals surface area (Å²) < 4.78 is 0. The second-order valence-electron chi connectivity index (χ2n) is 6.37. The first-order chi connectivity index (χ1) is 8.52. The summed E-state index contributed by atoms with van der Waals surface area (Å²) in [5.74, 6) is 1.04. The molecule has 0 aromatic heterocycles. The highest BCUT2D eigenvalue weighted by atomic mass is 16.3. The Balaban J connectivity index is 2.26. The van der Waals surface area contributed by atoms with E-state index in [2.05, 4.69) is 45.0 Å². The topological polar surface area (TPSA) is 20.2 Å². The molecule has 2 unspecified atom stereocenters. The average Bonchev–Trinajstić information content (AvgIpc) is 2.32. The Labute approximate surface area is 111 Å². The van der Waals surface area contributed by atoms with Gasteiger partial charge in [0.1, 0.15) is 0 Å². The van der Waals surface area contributed by atoms with Crippen LogP contribution in [0.15, 0.2) is 24.3 Å². The van der Waals surface area contributed by atoms with E-state index >= 15 is 0 Å². The highest BCUT2D eigenvalue weighted by molar-refractivity contribution is 5.29. The molecule has 0 spiro atoms. The Morgan fingerprint density at radius 3 is 2.78 bits per heavy atom. The van der Waals surface area contributed by atoms with Gasteiger partial charge in [-0.25, -0.2) is 0 Å². The van der Waals surface area contributed by atoms with E-state index in [1.165, 1.54) is 12.0 Å². The first-order valence-electron chi connectivity index (χ1n) is 7.34. The minimum atomic E-state index is -0.592. The van der Waals surface area contributed by atoms with Crippen molar-refractivity contribution in [2.75, 3.05) is 0 Å². The molecule has 1 heteroatoms. The molecule has 1 N–H and O–H groups in total. The van der Waals surface area contributed by atoms with Crippen LogP contribution in [0, 0.1) is 11.8 Å². The van der Waals surface area contributed by atoms with Crippen LogP contribution in [-0.2, 0) is 12.0 Å². The van der Waals surface area contributed by atoms with E-state index in [1.54, 1.807) is 0 Å². The van der Waals surface area contributed by atoms with E-state index in [4.69, 9.17) is 0 Å². The molecule has 0 heterocycles. The third-order valence-electron chi connectivity index (χ3n) is 4.33. The van der Waals surface area contributed by atoms with Crippen LogP contribution < -0.4 is 0 Å². The molecule has 0 amide bonds. The highest BCUT2D eigenvalue weighted by Crippen LogP contribution is 2.41. The van der Waals surface area contributed by atoms with Gasteiger partial charge in [0, 0.05) is 0 Å². The van der Waals surface area contributed by atoms with E-state index in [9.17, 15) is 5.11 Å². The van der Waals surface area contributed by atoms with Gasteiger partial charge in [-0.3, -0.25) is 0 Å². The molecule has 1 saturated carbocycles. The Kier molecular flexibility index (Phi) is 4.11. The summed E-state index contributed by atoms with van der Waals surface area (Å²) in [5, 5.41) is 11.0. The van der Waals surface area contributed by atoms with Crippen molar-refractivity contribution in [2.24, 2.45) is 11.8 Å². The van der Waals surface area contributed by atoms with Crippen molar-refractivity contribution in [3.8, 4) is 0 Å². The molecule has 0 radical (unpaired) electrons. The number of hydrogen-bond acceptors (Lipinski definition) is 1. The molecular formula is C17H26O. The Morgan fingerprint density at radius 2 is 2.11 bits per heavy atom. The van der Waals surface area contributed by atoms with Gasteiger partial charge in [0.2, 0.25) is 0 Å². The van der Waals surface area contributed by atoms with Crippen molar-refractivity contribution in [3.63, 3.8) is 0 Å². The second-order valence-corrected chi connectivity index (χ2v) is 6.37. The van der Waals surface area contributed by atoms with E-state index in [-0.39, 0.29) is 0 Å². The molecule has 1 aliphatic carbocycles. The zero-order chi connectivity index (χ0) is 13.2. The first kappa shape index (κ1) is 13.6. The molecule has 0 saturated heterocycles. The number of aliphatic hydroxyl groups is 1. The summed E-state index contributed by atoms with van der Waals surface area (Å²) in [5.41, 5.74) is 1.90. The molecule has 18 heavy (non-hydrogen) atoms. The minimum absolute atomic E-state index is 0.376. The molecular weight excluding hydrogens is 220 g/mol. The van der Waals surface area contributed by atoms with Gasteiger partial charge in [0.05, 0.1) is 5.60 Å². The SMILES string of the molecule is CC(C)Cc1cccc(C2(O)CCCCC2C)c1. The average molecular weight is 246 g/mol. The second kappa shape index (κ2) is 5.44. The maximum absolute atomic E-state index is 11.0. The third-order valence-corrected chi connectivity index (χ3v) is 4.33. The molecule has 1 aromatic rings. The summed E-state index contributed by atoms with van der Waals surface area (Å²) in [7, 11) is 0. The summed E-state index contributed by atoms with van der Waals surface area (Å²) in [6.07, 6.45) is 5.56. The fourth-order valence-electron chi connectivity index (χ4n) is 3.20. The molecule has 1 aliphatic rings. The first-order valence-corrected chi connectivity index (χ1v) is 7.34. The maximum atomic E-state index is 11.0. The van der Waals surface area contributed by atoms with Crippen LogP contribution >= 0.6 is 0 Å². The van der Waals surface area contributed by atoms with Crippen molar-refractivity contribution in [1.82, 2.24) is 0 Å². The van der Waals surface area contributed by atoms with Gasteiger partial charge >= 0.3 is 0 Å². The zero-order valence-corrected chi connectivity index (χ0v) is 11.9. The van der Waals surface area contributed by atoms with Gasteiger partial charge in [-0.2, -0.15) is 0 Å². The molecule has 1 aromatic carbocycles. The van der Waals surface area contributed by atoms with Crippen LogP contribution in [0.5, 0.6) is 0 Å². The summed E-state index contributed by atoms with van der Waals surface area (Å²) in [6, 6.07) is 8.61. The molecule has 2 atom stereocenters. The fraction of sp³-hybridized carbons (Fsp3) is 0.647. The molecule has 0 bridgehead atoms. The zero-order valence-electron chi connectivity index (χ0n) is 11.9. The van der Waals surface area contributed by atoms with E-state index in [0.717, 1.165) is 31.2 Å². The van der Waals surface area contributed by atoms with Gasteiger partial charge in [-0.1, -0.05) is 57.9 Å². The lowest BCUT2D eigenvalue weighted by Gasteiger charge is -2.39. The molecule has 100 valence electrons. The summed E-state index contributed by atoms with van der Waals surface area (Å²) in [6.45, 7) is 6.67. The Bertz CT molecular complexity index is 396. The van der Waals surface area contributed by atoms with Crippen LogP contribution in [0.2, 0.25) is 0 Å². The van der Waals surface area contributed by atoms with Gasteiger partial charge in [0.15, 0.2) is 0 Å². The van der Waals surface area contributed by atoms with Gasteiger partial charge in [-0.05, 0) is 42.2 Å². The Hall–Kier alpha value is -0.820. The monoisotopic (exact) mass is 246 g/mol. The molecule has 0 aliphatic heterocycles. The predicted molar refractivity (Wildman–Crippen MR) is 76.5 cm³/mol. The summed E-state index contributed by atoms with van der Waals surface area (Å²) >= 11 is 0. The molecule has 2 rings (SSSR count). The number of rotatable bonds is 3. The van der Waals surface area contributed by atoms with Crippen molar-refractivity contribution >= 4 is 0 Å². The fourth-order valence-corrected chi connectivity index (χ4v) is 3.20. The van der Waals surface area contributed by atoms with Crippen molar-refractivity contribution in [1.29, 1.82) is 0 Å². The predicted octanol–water partition coefficient (Wildman–Crippen LogP) is 4.28. The van der Waals surface area contributed by atoms with Crippen molar-refractivity contribution in [2.45, 2.75) is 58.5 Å². The van der Waals surface area contributed by atoms with Crippen molar-refractivity contribution in [3.05, 3.63) is 35.4 Å². The van der Waals surface area contributed by atoms with E-state index < -0.39 is 5.60 Å². The van der Waals surface area contributed by atoms with Gasteiger partial charge in [0.25, 0.3) is 0 Å². The van der Waals surface area contributed by atoms with E-state index in [1.807, 2.05) is 0 Å². The van der Waals surface area contributed by atoms with Crippen LogP contribution in [-0.4, -0.2) is 5.11 Å². The quantitative estimate of drug-likeness (QED) is 0.844. The van der Waals surface area contributed by atoms with Crippen LogP contribution in [0.1, 0.15) is 57.6 Å². The molecule has 1 fully saturated rings. The lowest BCUT2D eigenvalue weighted by Crippen LogP contribution is -2.36. The lowest BCUT2D eigenvalue weighted by atomic mass is 9.72. The van der Waals surface area contributed by atoms with Crippen molar-refractivity contribution < 1.29 is 5.11 Å².